The molecule has 0 aliphatic carbocycles. The highest BCUT2D eigenvalue weighted by atomic mass is 16.3. The molecule has 316 valence electrons. The lowest BCUT2D eigenvalue weighted by Crippen LogP contribution is -2.45. The normalized spacial score (nSPS) is 12.9. The second-order valence-electron chi connectivity index (χ2n) is 16.9. The second kappa shape index (κ2) is 45.5. The zero-order chi connectivity index (χ0) is 38.6. The maximum Gasteiger partial charge on any atom is 0.220 e. The summed E-state index contributed by atoms with van der Waals surface area (Å²) < 4.78 is 0. The Morgan fingerprint density at radius 3 is 0.981 bits per heavy atom. The number of rotatable bonds is 45. The number of hydrogen-bond donors (Lipinski definition) is 3. The summed E-state index contributed by atoms with van der Waals surface area (Å²) in [6, 6.07) is -0.617. The van der Waals surface area contributed by atoms with Gasteiger partial charge < -0.3 is 15.5 Å². The Morgan fingerprint density at radius 1 is 0.434 bits per heavy atom. The van der Waals surface area contributed by atoms with Crippen molar-refractivity contribution in [3.05, 3.63) is 12.2 Å². The van der Waals surface area contributed by atoms with Gasteiger partial charge in [-0.1, -0.05) is 264 Å². The molecular formula is C49H97NO3. The van der Waals surface area contributed by atoms with Gasteiger partial charge in [0, 0.05) is 6.42 Å². The van der Waals surface area contributed by atoms with Crippen molar-refractivity contribution in [3.63, 3.8) is 0 Å². The van der Waals surface area contributed by atoms with Crippen molar-refractivity contribution >= 4 is 5.91 Å². The van der Waals surface area contributed by atoms with E-state index in [9.17, 15) is 15.0 Å². The molecular weight excluding hydrogens is 651 g/mol. The molecule has 0 aromatic heterocycles. The van der Waals surface area contributed by atoms with Crippen molar-refractivity contribution in [2.75, 3.05) is 6.61 Å². The molecule has 0 spiro atoms. The Morgan fingerprint density at radius 2 is 0.698 bits per heavy atom. The van der Waals surface area contributed by atoms with Crippen LogP contribution in [-0.2, 0) is 4.79 Å². The highest BCUT2D eigenvalue weighted by Crippen LogP contribution is 2.17. The number of amides is 1. The van der Waals surface area contributed by atoms with Crippen LogP contribution in [0.5, 0.6) is 0 Å². The van der Waals surface area contributed by atoms with Crippen molar-refractivity contribution in [2.45, 2.75) is 289 Å². The van der Waals surface area contributed by atoms with Crippen molar-refractivity contribution in [2.24, 2.45) is 0 Å². The van der Waals surface area contributed by atoms with Crippen LogP contribution in [0.25, 0.3) is 0 Å². The number of carbonyl (C=O) groups excluding carboxylic acids is 1. The van der Waals surface area contributed by atoms with Crippen LogP contribution in [0.1, 0.15) is 277 Å². The number of aliphatic hydroxyl groups excluding tert-OH is 2. The number of aliphatic hydroxyl groups is 2. The Kier molecular flexibility index (Phi) is 44.8. The lowest BCUT2D eigenvalue weighted by Gasteiger charge is -2.20. The van der Waals surface area contributed by atoms with Crippen molar-refractivity contribution in [1.29, 1.82) is 0 Å². The van der Waals surface area contributed by atoms with E-state index in [-0.39, 0.29) is 12.5 Å². The molecule has 1 amide bonds. The summed E-state index contributed by atoms with van der Waals surface area (Å²) in [5.41, 5.74) is 0. The molecule has 0 rings (SSSR count). The minimum absolute atomic E-state index is 0.0580. The second-order valence-corrected chi connectivity index (χ2v) is 16.9. The molecule has 0 aromatic carbocycles. The SMILES string of the molecule is CCCCCCCCCCCCCCCCCCCCCCC/C=C/C(O)C(CO)NC(=O)CCCCCCCCCCCCCCCCCCCC. The Bertz CT molecular complexity index is 725. The molecule has 53 heavy (non-hydrogen) atoms. The molecule has 0 saturated carbocycles. The molecule has 0 heterocycles. The molecule has 4 nitrogen and oxygen atoms in total. The van der Waals surface area contributed by atoms with Gasteiger partial charge in [-0.25, -0.2) is 0 Å². The van der Waals surface area contributed by atoms with Crippen LogP contribution >= 0.6 is 0 Å². The smallest absolute Gasteiger partial charge is 0.220 e. The summed E-state index contributed by atoms with van der Waals surface area (Å²) in [6.45, 7) is 4.34. The first-order chi connectivity index (χ1) is 26.2. The summed E-state index contributed by atoms with van der Waals surface area (Å²) in [5.74, 6) is -0.0580. The summed E-state index contributed by atoms with van der Waals surface area (Å²) in [4.78, 5) is 12.4. The van der Waals surface area contributed by atoms with E-state index in [1.807, 2.05) is 6.08 Å². The van der Waals surface area contributed by atoms with Crippen LogP contribution in [0.2, 0.25) is 0 Å². The highest BCUT2D eigenvalue weighted by molar-refractivity contribution is 5.76. The molecule has 0 saturated heterocycles. The number of unbranched alkanes of at least 4 members (excludes halogenated alkanes) is 38. The highest BCUT2D eigenvalue weighted by Gasteiger charge is 2.18. The first kappa shape index (κ1) is 52.1. The fraction of sp³-hybridized carbons (Fsp3) is 0.939. The van der Waals surface area contributed by atoms with Crippen LogP contribution in [0.3, 0.4) is 0 Å². The average molecular weight is 748 g/mol. The zero-order valence-corrected chi connectivity index (χ0v) is 36.3. The van der Waals surface area contributed by atoms with E-state index in [1.165, 1.54) is 231 Å². The average Bonchev–Trinajstić information content (AvgIpc) is 3.16. The first-order valence-electron chi connectivity index (χ1n) is 24.4. The summed E-state index contributed by atoms with van der Waals surface area (Å²) in [5, 5.41) is 23.1. The Balaban J connectivity index is 3.49. The lowest BCUT2D eigenvalue weighted by molar-refractivity contribution is -0.123. The monoisotopic (exact) mass is 748 g/mol. The van der Waals surface area contributed by atoms with E-state index in [2.05, 4.69) is 19.2 Å². The number of hydrogen-bond acceptors (Lipinski definition) is 3. The molecule has 2 unspecified atom stereocenters. The quantitative estimate of drug-likeness (QED) is 0.0429. The topological polar surface area (TPSA) is 69.6 Å². The van der Waals surface area contributed by atoms with Crippen LogP contribution in [0.15, 0.2) is 12.2 Å². The van der Waals surface area contributed by atoms with Gasteiger partial charge in [0.2, 0.25) is 5.91 Å². The van der Waals surface area contributed by atoms with Crippen LogP contribution in [0, 0.1) is 0 Å². The fourth-order valence-electron chi connectivity index (χ4n) is 7.77. The third-order valence-corrected chi connectivity index (χ3v) is 11.5. The van der Waals surface area contributed by atoms with E-state index in [0.29, 0.717) is 6.42 Å². The van der Waals surface area contributed by atoms with Gasteiger partial charge in [-0.2, -0.15) is 0 Å². The molecule has 0 fully saturated rings. The van der Waals surface area contributed by atoms with Gasteiger partial charge in [0.05, 0.1) is 18.8 Å². The molecule has 0 bridgehead atoms. The van der Waals surface area contributed by atoms with Gasteiger partial charge in [0.15, 0.2) is 0 Å². The largest absolute Gasteiger partial charge is 0.394 e. The van der Waals surface area contributed by atoms with Gasteiger partial charge in [0.1, 0.15) is 0 Å². The van der Waals surface area contributed by atoms with Crippen molar-refractivity contribution < 1.29 is 15.0 Å². The maximum atomic E-state index is 12.4. The lowest BCUT2D eigenvalue weighted by atomic mass is 10.0. The third kappa shape index (κ3) is 42.1. The standard InChI is InChI=1S/C49H97NO3/c1-3-5-7-9-11-13-15-17-19-21-23-24-25-26-27-28-30-32-34-36-38-40-42-44-48(52)47(46-51)50-49(53)45-43-41-39-37-35-33-31-29-22-20-18-16-14-12-10-8-6-4-2/h42,44,47-48,51-52H,3-41,43,45-46H2,1-2H3,(H,50,53)/b44-42+. The maximum absolute atomic E-state index is 12.4. The third-order valence-electron chi connectivity index (χ3n) is 11.5. The first-order valence-corrected chi connectivity index (χ1v) is 24.4. The summed E-state index contributed by atoms with van der Waals surface area (Å²) in [6.07, 6.45) is 57.7. The molecule has 0 aliphatic rings. The van der Waals surface area contributed by atoms with Gasteiger partial charge in [-0.15, -0.1) is 0 Å². The predicted molar refractivity (Wildman–Crippen MR) is 235 cm³/mol. The molecule has 0 radical (unpaired) electrons. The predicted octanol–water partition coefficient (Wildman–Crippen LogP) is 15.4. The van der Waals surface area contributed by atoms with E-state index in [4.69, 9.17) is 0 Å². The fourth-order valence-corrected chi connectivity index (χ4v) is 7.77. The minimum atomic E-state index is -0.834. The molecule has 3 N–H and O–H groups in total. The van der Waals surface area contributed by atoms with E-state index >= 15 is 0 Å². The van der Waals surface area contributed by atoms with Crippen molar-refractivity contribution in [1.82, 2.24) is 5.32 Å². The van der Waals surface area contributed by atoms with Gasteiger partial charge in [-0.05, 0) is 19.3 Å². The van der Waals surface area contributed by atoms with Crippen molar-refractivity contribution in [3.8, 4) is 0 Å². The number of nitrogens with one attached hydrogen (secondary N) is 1. The molecule has 0 aliphatic heterocycles. The van der Waals surface area contributed by atoms with Crippen LogP contribution in [-0.4, -0.2) is 34.9 Å². The number of carbonyl (C=O) groups is 1. The molecule has 0 aromatic rings. The summed E-state index contributed by atoms with van der Waals surface area (Å²) >= 11 is 0. The van der Waals surface area contributed by atoms with E-state index in [1.54, 1.807) is 6.08 Å². The van der Waals surface area contributed by atoms with E-state index < -0.39 is 12.1 Å². The van der Waals surface area contributed by atoms with Gasteiger partial charge in [0.25, 0.3) is 0 Å². The van der Waals surface area contributed by atoms with Crippen LogP contribution < -0.4 is 5.32 Å². The van der Waals surface area contributed by atoms with Crippen LogP contribution in [0.4, 0.5) is 0 Å². The zero-order valence-electron chi connectivity index (χ0n) is 36.3. The van der Waals surface area contributed by atoms with Gasteiger partial charge in [-0.3, -0.25) is 4.79 Å². The molecule has 4 heteroatoms. The van der Waals surface area contributed by atoms with E-state index in [0.717, 1.165) is 25.7 Å². The Hall–Kier alpha value is -0.870. The Labute approximate surface area is 333 Å². The minimum Gasteiger partial charge on any atom is -0.394 e. The summed E-state index contributed by atoms with van der Waals surface area (Å²) in [7, 11) is 0. The number of allylic oxidation sites excluding steroid dienone is 1. The molecule has 2 atom stereocenters. The van der Waals surface area contributed by atoms with Gasteiger partial charge >= 0.3 is 0 Å².